The van der Waals surface area contributed by atoms with E-state index in [1.807, 2.05) is 49.4 Å². The van der Waals surface area contributed by atoms with Crippen LogP contribution in [0.25, 0.3) is 10.2 Å². The van der Waals surface area contributed by atoms with Gasteiger partial charge < -0.3 is 15.0 Å². The number of hydrogen-bond acceptors (Lipinski definition) is 5. The number of amides is 2. The Kier molecular flexibility index (Phi) is 5.76. The summed E-state index contributed by atoms with van der Waals surface area (Å²) in [6.45, 7) is 2.80. The van der Waals surface area contributed by atoms with Crippen molar-refractivity contribution in [2.45, 2.75) is 32.3 Å². The molecule has 0 unspecified atom stereocenters. The predicted octanol–water partition coefficient (Wildman–Crippen LogP) is 3.55. The van der Waals surface area contributed by atoms with E-state index >= 15 is 0 Å². The van der Waals surface area contributed by atoms with Crippen molar-refractivity contribution in [1.29, 1.82) is 0 Å². The number of carbonyl (C=O) groups is 2. The number of aryl methyl sites for hydroxylation is 1. The van der Waals surface area contributed by atoms with Gasteiger partial charge in [-0.3, -0.25) is 9.59 Å². The topological polar surface area (TPSA) is 71.5 Å². The molecule has 4 rings (SSSR count). The van der Waals surface area contributed by atoms with Gasteiger partial charge in [-0.15, -0.1) is 11.3 Å². The number of para-hydroxylation sites is 3. The standard InChI is InChI=1S/C22H23N3O3S/c1-2-13-23-22(27)18-14-25(16-8-4-5-9-17(16)28-18)21(26)12-11-20-24-15-7-3-6-10-19(15)29-20/h3-10,18H,2,11-14H2,1H3,(H,23,27)/t18-/m0/s1. The molecule has 0 fully saturated rings. The number of anilines is 1. The molecule has 0 saturated carbocycles. The van der Waals surface area contributed by atoms with Crippen LogP contribution in [0.5, 0.6) is 5.75 Å². The average molecular weight is 410 g/mol. The smallest absolute Gasteiger partial charge is 0.262 e. The Bertz CT molecular complexity index is 1000. The van der Waals surface area contributed by atoms with Crippen LogP contribution in [0, 0.1) is 0 Å². The largest absolute Gasteiger partial charge is 0.477 e. The van der Waals surface area contributed by atoms with Crippen molar-refractivity contribution in [2.24, 2.45) is 0 Å². The lowest BCUT2D eigenvalue weighted by molar-refractivity contribution is -0.128. The highest BCUT2D eigenvalue weighted by Crippen LogP contribution is 2.34. The van der Waals surface area contributed by atoms with Crippen LogP contribution in [0.15, 0.2) is 48.5 Å². The van der Waals surface area contributed by atoms with Gasteiger partial charge in [-0.25, -0.2) is 4.98 Å². The fourth-order valence-electron chi connectivity index (χ4n) is 3.34. The van der Waals surface area contributed by atoms with Crippen molar-refractivity contribution in [3.8, 4) is 5.75 Å². The highest BCUT2D eigenvalue weighted by Gasteiger charge is 2.33. The van der Waals surface area contributed by atoms with Crippen molar-refractivity contribution >= 4 is 39.1 Å². The summed E-state index contributed by atoms with van der Waals surface area (Å²) in [5.41, 5.74) is 1.67. The zero-order chi connectivity index (χ0) is 20.2. The number of benzene rings is 2. The number of rotatable bonds is 6. The molecule has 0 aliphatic carbocycles. The Balaban J connectivity index is 1.48. The molecule has 1 aliphatic heterocycles. The first-order chi connectivity index (χ1) is 14.2. The molecule has 3 aromatic rings. The summed E-state index contributed by atoms with van der Waals surface area (Å²) in [6.07, 6.45) is 1.05. The van der Waals surface area contributed by atoms with E-state index in [-0.39, 0.29) is 18.4 Å². The van der Waals surface area contributed by atoms with Crippen LogP contribution in [0.1, 0.15) is 24.8 Å². The van der Waals surface area contributed by atoms with Crippen LogP contribution < -0.4 is 15.0 Å². The molecule has 2 aromatic carbocycles. The molecule has 7 heteroatoms. The third kappa shape index (κ3) is 4.24. The van der Waals surface area contributed by atoms with E-state index in [1.54, 1.807) is 22.3 Å². The molecule has 6 nitrogen and oxygen atoms in total. The maximum Gasteiger partial charge on any atom is 0.262 e. The minimum absolute atomic E-state index is 0.0340. The number of thiazole rings is 1. The molecule has 0 bridgehead atoms. The second-order valence-corrected chi connectivity index (χ2v) is 8.06. The van der Waals surface area contributed by atoms with Crippen LogP contribution in [0.3, 0.4) is 0 Å². The van der Waals surface area contributed by atoms with Gasteiger partial charge in [0, 0.05) is 19.4 Å². The summed E-state index contributed by atoms with van der Waals surface area (Å²) in [5.74, 6) is 0.336. The van der Waals surface area contributed by atoms with Gasteiger partial charge in [0.2, 0.25) is 5.91 Å². The molecule has 0 radical (unpaired) electrons. The predicted molar refractivity (Wildman–Crippen MR) is 114 cm³/mol. The highest BCUT2D eigenvalue weighted by molar-refractivity contribution is 7.18. The van der Waals surface area contributed by atoms with E-state index in [2.05, 4.69) is 10.3 Å². The Morgan fingerprint density at radius 2 is 2.00 bits per heavy atom. The van der Waals surface area contributed by atoms with Crippen LogP contribution >= 0.6 is 11.3 Å². The van der Waals surface area contributed by atoms with Crippen molar-refractivity contribution in [2.75, 3.05) is 18.0 Å². The fourth-order valence-corrected chi connectivity index (χ4v) is 4.31. The first-order valence-corrected chi connectivity index (χ1v) is 10.7. The summed E-state index contributed by atoms with van der Waals surface area (Å²) >= 11 is 1.62. The molecule has 150 valence electrons. The van der Waals surface area contributed by atoms with E-state index in [0.717, 1.165) is 21.6 Å². The molecular formula is C22H23N3O3S. The minimum Gasteiger partial charge on any atom is -0.477 e. The van der Waals surface area contributed by atoms with E-state index in [0.29, 0.717) is 30.8 Å². The molecule has 1 atom stereocenters. The van der Waals surface area contributed by atoms with Gasteiger partial charge in [0.15, 0.2) is 6.10 Å². The van der Waals surface area contributed by atoms with Gasteiger partial charge >= 0.3 is 0 Å². The van der Waals surface area contributed by atoms with Crippen molar-refractivity contribution in [1.82, 2.24) is 10.3 Å². The van der Waals surface area contributed by atoms with Crippen LogP contribution in [-0.4, -0.2) is 36.0 Å². The van der Waals surface area contributed by atoms with Crippen LogP contribution in [-0.2, 0) is 16.0 Å². The monoisotopic (exact) mass is 409 g/mol. The quantitative estimate of drug-likeness (QED) is 0.676. The number of fused-ring (bicyclic) bond motifs is 2. The van der Waals surface area contributed by atoms with E-state index in [9.17, 15) is 9.59 Å². The summed E-state index contributed by atoms with van der Waals surface area (Å²) in [5, 5.41) is 3.80. The van der Waals surface area contributed by atoms with Gasteiger partial charge in [0.25, 0.3) is 5.91 Å². The number of aromatic nitrogens is 1. The molecule has 2 heterocycles. The maximum absolute atomic E-state index is 13.0. The van der Waals surface area contributed by atoms with Crippen molar-refractivity contribution in [3.63, 3.8) is 0 Å². The lowest BCUT2D eigenvalue weighted by Gasteiger charge is -2.34. The van der Waals surface area contributed by atoms with E-state index in [1.165, 1.54) is 0 Å². The first-order valence-electron chi connectivity index (χ1n) is 9.84. The van der Waals surface area contributed by atoms with Gasteiger partial charge in [0.05, 0.1) is 27.5 Å². The molecule has 1 aromatic heterocycles. The Morgan fingerprint density at radius 3 is 2.83 bits per heavy atom. The summed E-state index contributed by atoms with van der Waals surface area (Å²) < 4.78 is 6.98. The lowest BCUT2D eigenvalue weighted by Crippen LogP contribution is -2.50. The zero-order valence-corrected chi connectivity index (χ0v) is 17.1. The number of ether oxygens (including phenoxy) is 1. The summed E-state index contributed by atoms with van der Waals surface area (Å²) in [7, 11) is 0. The normalized spacial score (nSPS) is 15.6. The van der Waals surface area contributed by atoms with E-state index < -0.39 is 6.10 Å². The first kappa shape index (κ1) is 19.4. The molecule has 1 aliphatic rings. The second-order valence-electron chi connectivity index (χ2n) is 6.94. The number of hydrogen-bond donors (Lipinski definition) is 1. The third-order valence-electron chi connectivity index (χ3n) is 4.81. The number of nitrogens with zero attached hydrogens (tertiary/aromatic N) is 2. The number of carbonyl (C=O) groups excluding carboxylic acids is 2. The van der Waals surface area contributed by atoms with Gasteiger partial charge in [-0.2, -0.15) is 0 Å². The molecule has 0 saturated heterocycles. The van der Waals surface area contributed by atoms with Crippen molar-refractivity contribution < 1.29 is 14.3 Å². The van der Waals surface area contributed by atoms with Crippen LogP contribution in [0.2, 0.25) is 0 Å². The number of nitrogens with one attached hydrogen (secondary N) is 1. The third-order valence-corrected chi connectivity index (χ3v) is 5.90. The minimum atomic E-state index is -0.706. The highest BCUT2D eigenvalue weighted by atomic mass is 32.1. The van der Waals surface area contributed by atoms with Gasteiger partial charge in [0.1, 0.15) is 5.75 Å². The van der Waals surface area contributed by atoms with Gasteiger partial charge in [-0.05, 0) is 30.7 Å². The molecule has 0 spiro atoms. The molecule has 2 amide bonds. The molecule has 1 N–H and O–H groups in total. The fraction of sp³-hybridized carbons (Fsp3) is 0.318. The summed E-state index contributed by atoms with van der Waals surface area (Å²) in [4.78, 5) is 31.8. The molecular weight excluding hydrogens is 386 g/mol. The molecule has 29 heavy (non-hydrogen) atoms. The Morgan fingerprint density at radius 1 is 1.21 bits per heavy atom. The van der Waals surface area contributed by atoms with Gasteiger partial charge in [-0.1, -0.05) is 31.2 Å². The van der Waals surface area contributed by atoms with Crippen molar-refractivity contribution in [3.05, 3.63) is 53.5 Å². The van der Waals surface area contributed by atoms with E-state index in [4.69, 9.17) is 4.74 Å². The zero-order valence-electron chi connectivity index (χ0n) is 16.3. The summed E-state index contributed by atoms with van der Waals surface area (Å²) in [6, 6.07) is 15.3. The maximum atomic E-state index is 13.0. The SMILES string of the molecule is CCCNC(=O)[C@@H]1CN(C(=O)CCc2nc3ccccc3s2)c2ccccc2O1. The lowest BCUT2D eigenvalue weighted by atomic mass is 10.1. The Labute approximate surface area is 173 Å². The van der Waals surface area contributed by atoms with Crippen LogP contribution in [0.4, 0.5) is 5.69 Å². The second kappa shape index (κ2) is 8.61. The Hall–Kier alpha value is -2.93. The average Bonchev–Trinajstić information content (AvgIpc) is 3.18.